The second kappa shape index (κ2) is 18.9. The van der Waals surface area contributed by atoms with Crippen molar-refractivity contribution in [3.63, 3.8) is 0 Å². The van der Waals surface area contributed by atoms with Gasteiger partial charge in [-0.3, -0.25) is 9.59 Å². The van der Waals surface area contributed by atoms with Crippen LogP contribution in [0.5, 0.6) is 17.2 Å². The average Bonchev–Trinajstić information content (AvgIpc) is 3.52. The second-order valence-corrected chi connectivity index (χ2v) is 11.4. The number of hydrogen-bond donors (Lipinski definition) is 4. The summed E-state index contributed by atoms with van der Waals surface area (Å²) in [6.07, 6.45) is 1.18. The van der Waals surface area contributed by atoms with Gasteiger partial charge in [-0.1, -0.05) is 60.7 Å². The number of aromatic nitrogens is 1. The minimum atomic E-state index is -0.870. The topological polar surface area (TPSA) is 139 Å². The number of methoxy groups -OCH3 is 2. The zero-order chi connectivity index (χ0) is 35.0. The summed E-state index contributed by atoms with van der Waals surface area (Å²) in [5.41, 5.74) is 5.49. The molecule has 1 heterocycles. The van der Waals surface area contributed by atoms with E-state index in [-0.39, 0.29) is 19.4 Å². The minimum Gasteiger partial charge on any atom is -0.493 e. The van der Waals surface area contributed by atoms with E-state index < -0.39 is 18.0 Å². The van der Waals surface area contributed by atoms with Crippen LogP contribution >= 0.6 is 0 Å². The number of carbonyl (C=O) groups is 2. The number of rotatable bonds is 17. The van der Waals surface area contributed by atoms with Gasteiger partial charge in [0.05, 0.1) is 25.4 Å². The van der Waals surface area contributed by atoms with Gasteiger partial charge in [0.2, 0.25) is 0 Å². The Balaban J connectivity index is 0.000000471. The summed E-state index contributed by atoms with van der Waals surface area (Å²) in [5, 5.41) is 31.2. The number of aliphatic hydroxyl groups is 1. The summed E-state index contributed by atoms with van der Waals surface area (Å²) in [7, 11) is 3.26. The molecule has 1 unspecified atom stereocenters. The Labute approximate surface area is 286 Å². The lowest BCUT2D eigenvalue weighted by Gasteiger charge is -2.15. The number of carboxylic acids is 2. The standard InChI is InChI=1S/C33H34N2O4.C6H10O4/c1-37-32-17-16-24(20-33(32)38-2)18-19-34-22-27(36)23-39-31-15-9-14-29-28(31)21-30(25-10-5-3-6-11-25)35(29)26-12-7-4-8-13-26;7-5(8)3-1-2-4-6(9)10/h3-17,20-21,27,34,36H,18-19,22-23H2,1-2H3;1-4H2,(H,7,8)(H,9,10). The zero-order valence-electron chi connectivity index (χ0n) is 27.9. The van der Waals surface area contributed by atoms with Crippen LogP contribution in [-0.4, -0.2) is 71.8 Å². The Morgan fingerprint density at radius 2 is 1.41 bits per heavy atom. The monoisotopic (exact) mass is 668 g/mol. The molecule has 0 spiro atoms. The summed E-state index contributed by atoms with van der Waals surface area (Å²) in [6, 6.07) is 34.8. The fraction of sp³-hybridized carbons (Fsp3) is 0.282. The van der Waals surface area contributed by atoms with Crippen molar-refractivity contribution in [2.24, 2.45) is 0 Å². The lowest BCUT2D eigenvalue weighted by Crippen LogP contribution is -2.32. The molecule has 0 fully saturated rings. The maximum absolute atomic E-state index is 10.6. The van der Waals surface area contributed by atoms with Crippen LogP contribution in [0.3, 0.4) is 0 Å². The largest absolute Gasteiger partial charge is 0.493 e. The number of hydrogen-bond acceptors (Lipinski definition) is 7. The van der Waals surface area contributed by atoms with Crippen molar-refractivity contribution in [1.82, 2.24) is 9.88 Å². The Bertz CT molecular complexity index is 1760. The predicted octanol–water partition coefficient (Wildman–Crippen LogP) is 6.60. The van der Waals surface area contributed by atoms with Gasteiger partial charge in [0.25, 0.3) is 0 Å². The average molecular weight is 669 g/mol. The highest BCUT2D eigenvalue weighted by atomic mass is 16.5. The first-order valence-corrected chi connectivity index (χ1v) is 16.2. The Kier molecular flexibility index (Phi) is 14.1. The quantitative estimate of drug-likeness (QED) is 0.0807. The molecule has 4 aromatic carbocycles. The highest BCUT2D eigenvalue weighted by Crippen LogP contribution is 2.36. The number of carboxylic acid groups (broad SMARTS) is 2. The molecule has 1 atom stereocenters. The summed E-state index contributed by atoms with van der Waals surface area (Å²) >= 11 is 0. The molecule has 0 saturated carbocycles. The molecule has 49 heavy (non-hydrogen) atoms. The molecular weight excluding hydrogens is 624 g/mol. The Hall–Kier alpha value is -5.32. The highest BCUT2D eigenvalue weighted by Gasteiger charge is 2.16. The first-order chi connectivity index (χ1) is 23.8. The van der Waals surface area contributed by atoms with E-state index in [4.69, 9.17) is 24.4 Å². The van der Waals surface area contributed by atoms with E-state index in [1.54, 1.807) is 14.2 Å². The first-order valence-electron chi connectivity index (χ1n) is 16.2. The molecule has 0 aliphatic carbocycles. The third-order valence-electron chi connectivity index (χ3n) is 7.77. The van der Waals surface area contributed by atoms with Crippen molar-refractivity contribution in [2.45, 2.75) is 38.2 Å². The van der Waals surface area contributed by atoms with Crippen LogP contribution < -0.4 is 19.5 Å². The minimum absolute atomic E-state index is 0.0628. The van der Waals surface area contributed by atoms with Crippen molar-refractivity contribution in [1.29, 1.82) is 0 Å². The van der Waals surface area contributed by atoms with Gasteiger partial charge in [0.1, 0.15) is 18.5 Å². The Morgan fingerprint density at radius 1 is 0.755 bits per heavy atom. The predicted molar refractivity (Wildman–Crippen MR) is 190 cm³/mol. The van der Waals surface area contributed by atoms with Crippen LogP contribution in [0.1, 0.15) is 31.2 Å². The van der Waals surface area contributed by atoms with Gasteiger partial charge in [-0.2, -0.15) is 0 Å². The number of para-hydroxylation sites is 1. The number of nitrogens with one attached hydrogen (secondary N) is 1. The third kappa shape index (κ3) is 10.9. The molecule has 0 saturated heterocycles. The van der Waals surface area contributed by atoms with Crippen molar-refractivity contribution in [2.75, 3.05) is 33.9 Å². The molecule has 10 nitrogen and oxygen atoms in total. The molecule has 5 rings (SSSR count). The fourth-order valence-electron chi connectivity index (χ4n) is 5.34. The molecule has 0 aliphatic rings. The van der Waals surface area contributed by atoms with Crippen LogP contribution in [0, 0.1) is 0 Å². The highest BCUT2D eigenvalue weighted by molar-refractivity contribution is 5.93. The molecule has 4 N–H and O–H groups in total. The van der Waals surface area contributed by atoms with E-state index in [0.29, 0.717) is 30.9 Å². The summed E-state index contributed by atoms with van der Waals surface area (Å²) < 4.78 is 19.1. The van der Waals surface area contributed by atoms with Crippen LogP contribution in [0.25, 0.3) is 27.8 Å². The van der Waals surface area contributed by atoms with E-state index in [2.05, 4.69) is 46.3 Å². The number of benzene rings is 4. The van der Waals surface area contributed by atoms with E-state index >= 15 is 0 Å². The summed E-state index contributed by atoms with van der Waals surface area (Å²) in [4.78, 5) is 19.8. The van der Waals surface area contributed by atoms with E-state index in [9.17, 15) is 14.7 Å². The number of unbranched alkanes of at least 4 members (excludes halogenated alkanes) is 1. The lowest BCUT2D eigenvalue weighted by atomic mass is 10.1. The normalized spacial score (nSPS) is 11.3. The molecule has 0 amide bonds. The lowest BCUT2D eigenvalue weighted by molar-refractivity contribution is -0.139. The molecular formula is C39H44N2O8. The van der Waals surface area contributed by atoms with Crippen molar-refractivity contribution >= 4 is 22.8 Å². The smallest absolute Gasteiger partial charge is 0.303 e. The molecule has 10 heteroatoms. The van der Waals surface area contributed by atoms with Gasteiger partial charge >= 0.3 is 11.9 Å². The van der Waals surface area contributed by atoms with Gasteiger partial charge in [-0.25, -0.2) is 0 Å². The van der Waals surface area contributed by atoms with Gasteiger partial charge < -0.3 is 39.4 Å². The summed E-state index contributed by atoms with van der Waals surface area (Å²) in [5.74, 6) is 0.445. The SMILES string of the molecule is COc1ccc(CCNCC(O)COc2cccc3c2cc(-c2ccccc2)n3-c2ccccc2)cc1OC.O=C(O)CCCCC(=O)O. The van der Waals surface area contributed by atoms with Gasteiger partial charge in [-0.15, -0.1) is 0 Å². The molecule has 0 radical (unpaired) electrons. The van der Waals surface area contributed by atoms with Crippen molar-refractivity contribution in [3.8, 4) is 34.2 Å². The van der Waals surface area contributed by atoms with Gasteiger partial charge in [0.15, 0.2) is 11.5 Å². The van der Waals surface area contributed by atoms with Gasteiger partial charge in [-0.05, 0) is 79.4 Å². The van der Waals surface area contributed by atoms with E-state index in [1.807, 2.05) is 66.7 Å². The number of fused-ring (bicyclic) bond motifs is 1. The molecule has 1 aromatic heterocycles. The van der Waals surface area contributed by atoms with Crippen molar-refractivity contribution < 1.29 is 39.1 Å². The fourth-order valence-corrected chi connectivity index (χ4v) is 5.34. The summed E-state index contributed by atoms with van der Waals surface area (Å²) in [6.45, 7) is 1.35. The molecule has 0 bridgehead atoms. The van der Waals surface area contributed by atoms with Gasteiger partial charge in [0, 0.05) is 30.5 Å². The number of ether oxygens (including phenoxy) is 3. The van der Waals surface area contributed by atoms with Crippen LogP contribution in [0.15, 0.2) is 103 Å². The number of aliphatic carboxylic acids is 2. The van der Waals surface area contributed by atoms with Crippen LogP contribution in [-0.2, 0) is 16.0 Å². The van der Waals surface area contributed by atoms with Crippen LogP contribution in [0.4, 0.5) is 0 Å². The van der Waals surface area contributed by atoms with Crippen molar-refractivity contribution in [3.05, 3.63) is 109 Å². The molecule has 0 aliphatic heterocycles. The Morgan fingerprint density at radius 3 is 2.04 bits per heavy atom. The maximum Gasteiger partial charge on any atom is 0.303 e. The third-order valence-corrected chi connectivity index (χ3v) is 7.77. The maximum atomic E-state index is 10.6. The number of aliphatic hydroxyl groups excluding tert-OH is 1. The van der Waals surface area contributed by atoms with E-state index in [0.717, 1.165) is 52.1 Å². The van der Waals surface area contributed by atoms with E-state index in [1.165, 1.54) is 0 Å². The zero-order valence-corrected chi connectivity index (χ0v) is 27.9. The van der Waals surface area contributed by atoms with Crippen LogP contribution in [0.2, 0.25) is 0 Å². The molecule has 5 aromatic rings. The molecule has 258 valence electrons. The number of nitrogens with zero attached hydrogens (tertiary/aromatic N) is 1. The first kappa shape index (κ1) is 36.5. The second-order valence-electron chi connectivity index (χ2n) is 11.4.